The molecule has 214 valence electrons. The van der Waals surface area contributed by atoms with Crippen LogP contribution in [0.3, 0.4) is 0 Å². The highest BCUT2D eigenvalue weighted by Gasteiger charge is 2.83. The second kappa shape index (κ2) is 8.71. The summed E-state index contributed by atoms with van der Waals surface area (Å²) in [5.41, 5.74) is -6.93. The lowest BCUT2D eigenvalue weighted by Crippen LogP contribution is -2.59. The van der Waals surface area contributed by atoms with Gasteiger partial charge in [0.1, 0.15) is 22.8 Å². The van der Waals surface area contributed by atoms with Crippen molar-refractivity contribution in [1.82, 2.24) is 19.9 Å². The average molecular weight is 594 g/mol. The first-order chi connectivity index (χ1) is 16.7. The molecule has 0 saturated heterocycles. The number of hydrogen-bond acceptors (Lipinski definition) is 4. The van der Waals surface area contributed by atoms with Gasteiger partial charge in [-0.15, -0.1) is 0 Å². The minimum absolute atomic E-state index is 0.0840. The lowest BCUT2D eigenvalue weighted by molar-refractivity contribution is -0.400. The third-order valence-electron chi connectivity index (χ3n) is 4.50. The Morgan fingerprint density at radius 3 is 0.789 bits per heavy atom. The minimum atomic E-state index is -7.28. The first kappa shape index (κ1) is 31.1. The van der Waals surface area contributed by atoms with E-state index >= 15 is 0 Å². The van der Waals surface area contributed by atoms with Crippen molar-refractivity contribution in [1.29, 1.82) is 0 Å². The molecule has 2 heterocycles. The zero-order valence-corrected chi connectivity index (χ0v) is 16.9. The molecular formula is C16H4F18N4. The van der Waals surface area contributed by atoms with Gasteiger partial charge in [0.2, 0.25) is 0 Å². The molecule has 0 unspecified atom stereocenters. The van der Waals surface area contributed by atoms with Gasteiger partial charge < -0.3 is 0 Å². The maximum Gasteiger partial charge on any atom is 0.460 e. The van der Waals surface area contributed by atoms with Crippen LogP contribution < -0.4 is 0 Å². The van der Waals surface area contributed by atoms with Gasteiger partial charge in [-0.2, -0.15) is 79.0 Å². The number of hydrogen-bond donors (Lipinski definition) is 0. The van der Waals surface area contributed by atoms with Gasteiger partial charge in [0.25, 0.3) is 0 Å². The fraction of sp³-hybridized carbons (Fsp3) is 0.500. The number of aromatic nitrogens is 4. The first-order valence-electron chi connectivity index (χ1n) is 8.73. The quantitative estimate of drug-likeness (QED) is 0.332. The van der Waals surface area contributed by atoms with Crippen LogP contribution in [0.25, 0.3) is 11.4 Å². The van der Waals surface area contributed by atoms with E-state index in [0.29, 0.717) is 0 Å². The molecule has 2 aromatic heterocycles. The van der Waals surface area contributed by atoms with Gasteiger partial charge in [-0.05, 0) is 0 Å². The normalized spacial score (nSPS) is 15.1. The van der Waals surface area contributed by atoms with Crippen LogP contribution in [-0.2, 0) is 11.8 Å². The summed E-state index contributed by atoms with van der Waals surface area (Å²) in [5, 5.41) is 0. The topological polar surface area (TPSA) is 51.6 Å². The first-order valence-corrected chi connectivity index (χ1v) is 8.73. The Morgan fingerprint density at radius 1 is 0.342 bits per heavy atom. The molecule has 2 aromatic rings. The van der Waals surface area contributed by atoms with Crippen LogP contribution in [-0.4, -0.2) is 56.0 Å². The van der Waals surface area contributed by atoms with Crippen LogP contribution in [0.5, 0.6) is 0 Å². The van der Waals surface area contributed by atoms with Crippen molar-refractivity contribution in [3.63, 3.8) is 0 Å². The van der Waals surface area contributed by atoms with Crippen LogP contribution in [0, 0.1) is 0 Å². The van der Waals surface area contributed by atoms with Crippen LogP contribution in [0.4, 0.5) is 79.0 Å². The van der Waals surface area contributed by atoms with Crippen molar-refractivity contribution in [2.24, 2.45) is 0 Å². The molecule has 2 rings (SSSR count). The summed E-state index contributed by atoms with van der Waals surface area (Å²) >= 11 is 0. The highest BCUT2D eigenvalue weighted by molar-refractivity contribution is 5.51. The van der Waals surface area contributed by atoms with E-state index in [9.17, 15) is 79.0 Å². The second-order valence-electron chi connectivity index (χ2n) is 7.02. The number of alkyl halides is 18. The van der Waals surface area contributed by atoms with E-state index in [2.05, 4.69) is 19.9 Å². The van der Waals surface area contributed by atoms with Crippen LogP contribution >= 0.6 is 0 Å². The Labute approximate surface area is 195 Å². The van der Waals surface area contributed by atoms with Crippen LogP contribution in [0.1, 0.15) is 11.4 Å². The zero-order chi connectivity index (χ0) is 30.0. The molecular weight excluding hydrogens is 590 g/mol. The Balaban J connectivity index is 2.41. The summed E-state index contributed by atoms with van der Waals surface area (Å²) in [6.45, 7) is 0. The van der Waals surface area contributed by atoms with E-state index in [-0.39, 0.29) is 12.4 Å². The predicted octanol–water partition coefficient (Wildman–Crippen LogP) is 6.78. The average Bonchev–Trinajstić information content (AvgIpc) is 2.77. The summed E-state index contributed by atoms with van der Waals surface area (Å²) in [6, 6.07) is 0. The van der Waals surface area contributed by atoms with E-state index in [1.165, 1.54) is 0 Å². The molecule has 22 heteroatoms. The van der Waals surface area contributed by atoms with Gasteiger partial charge in [-0.1, -0.05) is 0 Å². The maximum atomic E-state index is 13.8. The number of nitrogens with zero attached hydrogens (tertiary/aromatic N) is 4. The molecule has 0 saturated carbocycles. The van der Waals surface area contributed by atoms with Gasteiger partial charge in [0.15, 0.2) is 0 Å². The van der Waals surface area contributed by atoms with Crippen LogP contribution in [0.15, 0.2) is 24.8 Å². The summed E-state index contributed by atoms with van der Waals surface area (Å²) in [4.78, 5) is 10.8. The van der Waals surface area contributed by atoms with Crippen LogP contribution in [0.2, 0.25) is 0 Å². The van der Waals surface area contributed by atoms with Gasteiger partial charge in [0, 0.05) is 0 Å². The summed E-state index contributed by atoms with van der Waals surface area (Å²) < 4.78 is 234. The van der Waals surface area contributed by atoms with Crippen molar-refractivity contribution in [3.8, 4) is 11.4 Å². The molecule has 4 nitrogen and oxygen atoms in total. The Hall–Kier alpha value is -3.10. The van der Waals surface area contributed by atoms with E-state index in [1.54, 1.807) is 0 Å². The van der Waals surface area contributed by atoms with Crippen molar-refractivity contribution in [3.05, 3.63) is 36.2 Å². The Bertz CT molecular complexity index is 1040. The number of halogens is 18. The molecule has 0 radical (unpaired) electrons. The summed E-state index contributed by atoms with van der Waals surface area (Å²) in [6.07, 6.45) is -15.4. The predicted molar refractivity (Wildman–Crippen MR) is 82.7 cm³/mol. The molecule has 0 aliphatic heterocycles. The van der Waals surface area contributed by atoms with Gasteiger partial charge in [-0.3, -0.25) is 19.9 Å². The Morgan fingerprint density at radius 2 is 0.605 bits per heavy atom. The van der Waals surface area contributed by atoms with Crippen molar-refractivity contribution in [2.45, 2.75) is 47.9 Å². The standard InChI is InChI=1S/C16H4F18N4/c17-9(18,11(21,22)13(25,26)15(29,30)31)7-3-35-5(1-37-7)6-2-38-8(4-36-6)10(19,20)12(23,24)14(27,28)16(32,33)34/h1-4H. The molecule has 0 bridgehead atoms. The third-order valence-corrected chi connectivity index (χ3v) is 4.50. The molecule has 0 atom stereocenters. The minimum Gasteiger partial charge on any atom is -0.251 e. The molecule has 0 aliphatic rings. The molecule has 0 aromatic carbocycles. The van der Waals surface area contributed by atoms with E-state index in [1.807, 2.05) is 0 Å². The third kappa shape index (κ3) is 4.43. The van der Waals surface area contributed by atoms with E-state index < -0.39 is 83.1 Å². The van der Waals surface area contributed by atoms with Gasteiger partial charge >= 0.3 is 47.9 Å². The maximum absolute atomic E-state index is 13.8. The molecule has 0 fully saturated rings. The molecule has 0 spiro atoms. The van der Waals surface area contributed by atoms with Gasteiger partial charge in [0.05, 0.1) is 24.8 Å². The SMILES string of the molecule is FC(F)(F)C(F)(F)C(F)(F)C(F)(F)c1cnc(-c2cnc(C(F)(F)C(F)(F)C(F)(F)C(F)(F)F)cn2)cn1. The number of rotatable bonds is 7. The van der Waals surface area contributed by atoms with Crippen molar-refractivity contribution in [2.75, 3.05) is 0 Å². The van der Waals surface area contributed by atoms with Crippen molar-refractivity contribution >= 4 is 0 Å². The van der Waals surface area contributed by atoms with Crippen molar-refractivity contribution < 1.29 is 79.0 Å². The smallest absolute Gasteiger partial charge is 0.251 e. The highest BCUT2D eigenvalue weighted by atomic mass is 19.4. The zero-order valence-electron chi connectivity index (χ0n) is 16.9. The van der Waals surface area contributed by atoms with Gasteiger partial charge in [-0.25, -0.2) is 0 Å². The largest absolute Gasteiger partial charge is 0.460 e. The molecule has 38 heavy (non-hydrogen) atoms. The molecule has 0 aliphatic carbocycles. The Kier molecular flexibility index (Phi) is 7.13. The summed E-state index contributed by atoms with van der Waals surface area (Å²) in [7, 11) is 0. The fourth-order valence-corrected chi connectivity index (χ4v) is 2.32. The molecule has 0 N–H and O–H groups in total. The highest BCUT2D eigenvalue weighted by Crippen LogP contribution is 2.57. The summed E-state index contributed by atoms with van der Waals surface area (Å²) in [5.74, 6) is -41.5. The van der Waals surface area contributed by atoms with E-state index in [0.717, 1.165) is 0 Å². The van der Waals surface area contributed by atoms with E-state index in [4.69, 9.17) is 0 Å². The fourth-order valence-electron chi connectivity index (χ4n) is 2.32. The second-order valence-corrected chi connectivity index (χ2v) is 7.02. The monoisotopic (exact) mass is 594 g/mol. The molecule has 0 amide bonds. The lowest BCUT2D eigenvalue weighted by atomic mass is 10.0. The lowest BCUT2D eigenvalue weighted by Gasteiger charge is -2.33.